The first kappa shape index (κ1) is 14.1. The Morgan fingerprint density at radius 1 is 1.18 bits per heavy atom. The summed E-state index contributed by atoms with van der Waals surface area (Å²) < 4.78 is 42.2. The van der Waals surface area contributed by atoms with Crippen molar-refractivity contribution in [1.82, 2.24) is 9.97 Å². The predicted octanol–water partition coefficient (Wildman–Crippen LogP) is 3.39. The van der Waals surface area contributed by atoms with E-state index in [1.54, 1.807) is 29.7 Å². The maximum absolute atomic E-state index is 12.2. The molecule has 0 aliphatic rings. The Morgan fingerprint density at radius 3 is 2.73 bits per heavy atom. The van der Waals surface area contributed by atoms with Gasteiger partial charge in [-0.25, -0.2) is 4.98 Å². The Hall–Kier alpha value is -2.90. The number of alkyl halides is 3. The van der Waals surface area contributed by atoms with Crippen molar-refractivity contribution in [2.24, 2.45) is 0 Å². The Kier molecular flexibility index (Phi) is 3.28. The molecule has 1 N–H and O–H groups in total. The summed E-state index contributed by atoms with van der Waals surface area (Å²) in [6.45, 7) is 0. The minimum Gasteiger partial charge on any atom is -0.434 e. The molecule has 1 aromatic carbocycles. The standard InChI is InChI=1S/C14H8F3N3O2/c15-14(16,17)13(21)19-9-4-1-3-8(7-9)12-20-11-10(22-12)5-2-6-18-11/h1-7H,(H,19,21). The van der Waals surface area contributed by atoms with E-state index in [2.05, 4.69) is 9.97 Å². The van der Waals surface area contributed by atoms with E-state index in [1.807, 2.05) is 0 Å². The number of halogens is 3. The van der Waals surface area contributed by atoms with Crippen molar-refractivity contribution < 1.29 is 22.4 Å². The van der Waals surface area contributed by atoms with Crippen LogP contribution in [-0.4, -0.2) is 22.1 Å². The van der Waals surface area contributed by atoms with Crippen molar-refractivity contribution in [2.75, 3.05) is 5.32 Å². The Labute approximate surface area is 121 Å². The van der Waals surface area contributed by atoms with Gasteiger partial charge in [-0.2, -0.15) is 18.2 Å². The quantitative estimate of drug-likeness (QED) is 0.788. The summed E-state index contributed by atoms with van der Waals surface area (Å²) in [5.41, 5.74) is 1.28. The number of carbonyl (C=O) groups excluding carboxylic acids is 1. The van der Waals surface area contributed by atoms with Gasteiger partial charge in [-0.05, 0) is 30.3 Å². The highest BCUT2D eigenvalue weighted by Crippen LogP contribution is 2.26. The summed E-state index contributed by atoms with van der Waals surface area (Å²) in [7, 11) is 0. The zero-order valence-corrected chi connectivity index (χ0v) is 10.9. The highest BCUT2D eigenvalue weighted by molar-refractivity contribution is 5.95. The first-order valence-electron chi connectivity index (χ1n) is 6.14. The van der Waals surface area contributed by atoms with Gasteiger partial charge in [0, 0.05) is 17.4 Å². The molecule has 0 radical (unpaired) electrons. The molecule has 0 aliphatic carbocycles. The van der Waals surface area contributed by atoms with Gasteiger partial charge in [0.2, 0.25) is 5.89 Å². The molecule has 5 nitrogen and oxygen atoms in total. The van der Waals surface area contributed by atoms with E-state index in [4.69, 9.17) is 4.42 Å². The van der Waals surface area contributed by atoms with E-state index < -0.39 is 12.1 Å². The molecular weight excluding hydrogens is 299 g/mol. The third kappa shape index (κ3) is 2.76. The second-order valence-corrected chi connectivity index (χ2v) is 4.38. The van der Waals surface area contributed by atoms with Gasteiger partial charge in [-0.1, -0.05) is 6.07 Å². The monoisotopic (exact) mass is 307 g/mol. The van der Waals surface area contributed by atoms with E-state index in [1.165, 1.54) is 18.2 Å². The molecule has 8 heteroatoms. The highest BCUT2D eigenvalue weighted by Gasteiger charge is 2.38. The molecule has 3 rings (SSSR count). The summed E-state index contributed by atoms with van der Waals surface area (Å²) in [6.07, 6.45) is -3.40. The third-order valence-electron chi connectivity index (χ3n) is 2.79. The van der Waals surface area contributed by atoms with Crippen molar-refractivity contribution in [1.29, 1.82) is 0 Å². The zero-order valence-electron chi connectivity index (χ0n) is 10.9. The number of amides is 1. The average molecular weight is 307 g/mol. The van der Waals surface area contributed by atoms with Crippen molar-refractivity contribution in [3.8, 4) is 11.5 Å². The largest absolute Gasteiger partial charge is 0.471 e. The molecule has 0 bridgehead atoms. The Morgan fingerprint density at radius 2 is 2.00 bits per heavy atom. The van der Waals surface area contributed by atoms with Crippen LogP contribution in [0.15, 0.2) is 47.0 Å². The summed E-state index contributed by atoms with van der Waals surface area (Å²) in [6, 6.07) is 9.13. The number of nitrogens with zero attached hydrogens (tertiary/aromatic N) is 2. The Balaban J connectivity index is 1.92. The van der Waals surface area contributed by atoms with Gasteiger partial charge in [0.15, 0.2) is 11.2 Å². The van der Waals surface area contributed by atoms with Crippen LogP contribution in [0.1, 0.15) is 0 Å². The lowest BCUT2D eigenvalue weighted by molar-refractivity contribution is -0.167. The summed E-state index contributed by atoms with van der Waals surface area (Å²) in [4.78, 5) is 19.1. The highest BCUT2D eigenvalue weighted by atomic mass is 19.4. The normalized spacial score (nSPS) is 11.6. The number of aromatic nitrogens is 2. The number of carbonyl (C=O) groups is 1. The van der Waals surface area contributed by atoms with E-state index in [9.17, 15) is 18.0 Å². The van der Waals surface area contributed by atoms with Crippen molar-refractivity contribution >= 4 is 22.8 Å². The Bertz CT molecular complexity index is 809. The number of oxazole rings is 1. The number of hydrogen-bond acceptors (Lipinski definition) is 4. The lowest BCUT2D eigenvalue weighted by atomic mass is 10.2. The van der Waals surface area contributed by atoms with Crippen molar-refractivity contribution in [3.05, 3.63) is 42.6 Å². The molecule has 22 heavy (non-hydrogen) atoms. The van der Waals surface area contributed by atoms with Crippen molar-refractivity contribution in [3.63, 3.8) is 0 Å². The number of nitrogens with one attached hydrogen (secondary N) is 1. The van der Waals surface area contributed by atoms with E-state index in [0.29, 0.717) is 16.8 Å². The second-order valence-electron chi connectivity index (χ2n) is 4.38. The topological polar surface area (TPSA) is 68.0 Å². The SMILES string of the molecule is O=C(Nc1cccc(-c2nc3ncccc3o2)c1)C(F)(F)F. The molecule has 2 aromatic heterocycles. The van der Waals surface area contributed by atoms with Crippen molar-refractivity contribution in [2.45, 2.75) is 6.18 Å². The van der Waals surface area contributed by atoms with Crippen LogP contribution >= 0.6 is 0 Å². The van der Waals surface area contributed by atoms with Crippen LogP contribution in [0.3, 0.4) is 0 Å². The van der Waals surface area contributed by atoms with Crippen LogP contribution in [0.2, 0.25) is 0 Å². The van der Waals surface area contributed by atoms with Gasteiger partial charge in [0.1, 0.15) is 0 Å². The zero-order chi connectivity index (χ0) is 15.7. The molecular formula is C14H8F3N3O2. The average Bonchev–Trinajstić information content (AvgIpc) is 2.90. The van der Waals surface area contributed by atoms with Gasteiger partial charge in [-0.3, -0.25) is 4.79 Å². The molecule has 0 spiro atoms. The first-order chi connectivity index (χ1) is 10.4. The smallest absolute Gasteiger partial charge is 0.434 e. The first-order valence-corrected chi connectivity index (χ1v) is 6.14. The number of fused-ring (bicyclic) bond motifs is 1. The predicted molar refractivity (Wildman–Crippen MR) is 71.9 cm³/mol. The summed E-state index contributed by atoms with van der Waals surface area (Å²) in [5, 5.41) is 1.78. The van der Waals surface area contributed by atoms with Gasteiger partial charge >= 0.3 is 12.1 Å². The fraction of sp³-hybridized carbons (Fsp3) is 0.0714. The molecule has 3 aromatic rings. The molecule has 0 atom stereocenters. The third-order valence-corrected chi connectivity index (χ3v) is 2.79. The minimum atomic E-state index is -4.95. The molecule has 0 aliphatic heterocycles. The fourth-order valence-electron chi connectivity index (χ4n) is 1.82. The lowest BCUT2D eigenvalue weighted by Crippen LogP contribution is -2.29. The number of rotatable bonds is 2. The molecule has 2 heterocycles. The van der Waals surface area contributed by atoms with Crippen LogP contribution < -0.4 is 5.32 Å². The minimum absolute atomic E-state index is 0.00459. The number of hydrogen-bond donors (Lipinski definition) is 1. The summed E-state index contributed by atoms with van der Waals surface area (Å²) in [5.74, 6) is -1.83. The van der Waals surface area contributed by atoms with Crippen LogP contribution in [0.5, 0.6) is 0 Å². The van der Waals surface area contributed by atoms with Gasteiger partial charge in [0.05, 0.1) is 0 Å². The second kappa shape index (κ2) is 5.14. The molecule has 0 fully saturated rings. The van der Waals surface area contributed by atoms with Crippen LogP contribution in [-0.2, 0) is 4.79 Å². The van der Waals surface area contributed by atoms with Crippen LogP contribution in [0, 0.1) is 0 Å². The summed E-state index contributed by atoms with van der Waals surface area (Å²) >= 11 is 0. The molecule has 0 saturated heterocycles. The molecule has 112 valence electrons. The van der Waals surface area contributed by atoms with Gasteiger partial charge < -0.3 is 9.73 Å². The van der Waals surface area contributed by atoms with E-state index >= 15 is 0 Å². The molecule has 1 amide bonds. The lowest BCUT2D eigenvalue weighted by Gasteiger charge is -2.08. The number of pyridine rings is 1. The van der Waals surface area contributed by atoms with E-state index in [0.717, 1.165) is 0 Å². The number of anilines is 1. The maximum Gasteiger partial charge on any atom is 0.471 e. The van der Waals surface area contributed by atoms with Gasteiger partial charge in [0.25, 0.3) is 0 Å². The van der Waals surface area contributed by atoms with E-state index in [-0.39, 0.29) is 11.6 Å². The number of benzene rings is 1. The van der Waals surface area contributed by atoms with Gasteiger partial charge in [-0.15, -0.1) is 0 Å². The van der Waals surface area contributed by atoms with Crippen LogP contribution in [0.25, 0.3) is 22.7 Å². The van der Waals surface area contributed by atoms with Crippen LogP contribution in [0.4, 0.5) is 18.9 Å². The maximum atomic E-state index is 12.2. The molecule has 0 saturated carbocycles. The fourth-order valence-corrected chi connectivity index (χ4v) is 1.82. The molecule has 0 unspecified atom stereocenters.